The predicted octanol–water partition coefficient (Wildman–Crippen LogP) is 4.60. The Bertz CT molecular complexity index is 933. The Labute approximate surface area is 170 Å². The van der Waals surface area contributed by atoms with Crippen LogP contribution >= 0.6 is 11.5 Å². The molecule has 0 spiro atoms. The van der Waals surface area contributed by atoms with Crippen LogP contribution in [-0.4, -0.2) is 27.9 Å². The molecule has 1 aromatic carbocycles. The van der Waals surface area contributed by atoms with Crippen molar-refractivity contribution in [1.29, 1.82) is 0 Å². The van der Waals surface area contributed by atoms with Gasteiger partial charge in [-0.05, 0) is 70.3 Å². The molecule has 0 radical (unpaired) electrons. The lowest BCUT2D eigenvalue weighted by atomic mass is 10.1. The zero-order chi connectivity index (χ0) is 20.9. The molecule has 2 aromatic rings. The number of aryl methyl sites for hydroxylation is 1. The fraction of sp³-hybridized carbons (Fsp3) is 0.476. The van der Waals surface area contributed by atoms with Crippen molar-refractivity contribution in [1.82, 2.24) is 3.96 Å². The van der Waals surface area contributed by atoms with E-state index in [-0.39, 0.29) is 11.4 Å². The highest BCUT2D eigenvalue weighted by atomic mass is 32.1. The Hall–Kier alpha value is -2.41. The molecule has 1 aromatic heterocycles. The summed E-state index contributed by atoms with van der Waals surface area (Å²) in [5.41, 5.74) is 2.42. The molecule has 0 atom stereocenters. The molecule has 0 fully saturated rings. The highest BCUT2D eigenvalue weighted by molar-refractivity contribution is 7.04. The van der Waals surface area contributed by atoms with Gasteiger partial charge in [0.15, 0.2) is 0 Å². The molecular formula is C21H29N3O3S. The number of hydrogen-bond acceptors (Lipinski definition) is 5. The van der Waals surface area contributed by atoms with Gasteiger partial charge in [-0.15, -0.1) is 0 Å². The second-order valence-electron chi connectivity index (χ2n) is 7.67. The van der Waals surface area contributed by atoms with Gasteiger partial charge in [0, 0.05) is 22.9 Å². The number of carbonyl (C=O) groups excluding carboxylic acids is 1. The second kappa shape index (κ2) is 9.19. The van der Waals surface area contributed by atoms with E-state index in [1.54, 1.807) is 25.1 Å². The summed E-state index contributed by atoms with van der Waals surface area (Å²) in [5, 5.41) is 12.2. The summed E-state index contributed by atoms with van der Waals surface area (Å²) in [4.78, 5) is 17.4. The molecule has 7 heteroatoms. The third-order valence-electron chi connectivity index (χ3n) is 4.39. The smallest absolute Gasteiger partial charge is 0.282 e. The first-order valence-corrected chi connectivity index (χ1v) is 10.2. The van der Waals surface area contributed by atoms with Crippen molar-refractivity contribution in [2.75, 3.05) is 7.11 Å². The van der Waals surface area contributed by atoms with Gasteiger partial charge in [0.2, 0.25) is 0 Å². The first-order chi connectivity index (χ1) is 13.2. The fourth-order valence-corrected chi connectivity index (χ4v) is 3.68. The summed E-state index contributed by atoms with van der Waals surface area (Å²) >= 11 is 1.49. The summed E-state index contributed by atoms with van der Waals surface area (Å²) in [6.07, 6.45) is 5.11. The maximum Gasteiger partial charge on any atom is 0.282 e. The summed E-state index contributed by atoms with van der Waals surface area (Å²) in [5.74, 6) is 0.0729. The number of carbonyl (C=O) groups is 1. The van der Waals surface area contributed by atoms with Crippen LogP contribution < -0.4 is 9.41 Å². The molecule has 28 heavy (non-hydrogen) atoms. The maximum absolute atomic E-state index is 13.0. The van der Waals surface area contributed by atoms with Gasteiger partial charge in [0.05, 0.1) is 18.4 Å². The van der Waals surface area contributed by atoms with Gasteiger partial charge >= 0.3 is 0 Å². The van der Waals surface area contributed by atoms with Crippen LogP contribution in [0.4, 0.5) is 0 Å². The van der Waals surface area contributed by atoms with E-state index in [4.69, 9.17) is 9.94 Å². The highest BCUT2D eigenvalue weighted by Gasteiger charge is 2.18. The van der Waals surface area contributed by atoms with Crippen molar-refractivity contribution in [3.8, 4) is 5.75 Å². The van der Waals surface area contributed by atoms with E-state index >= 15 is 0 Å². The number of nitrogens with zero attached hydrogens (tertiary/aromatic N) is 3. The van der Waals surface area contributed by atoms with Crippen LogP contribution in [0.3, 0.4) is 0 Å². The molecule has 0 saturated carbocycles. The van der Waals surface area contributed by atoms with Gasteiger partial charge in [-0.2, -0.15) is 4.99 Å². The molecule has 0 saturated heterocycles. The SMILES string of the molecule is CCCCc1cn(C(C)(C)C)s/c1=N\C(=O)c1cc(/C(C)=N\O)ccc1OC. The molecule has 1 amide bonds. The number of oxime groups is 1. The summed E-state index contributed by atoms with van der Waals surface area (Å²) in [6.45, 7) is 10.2. The van der Waals surface area contributed by atoms with E-state index in [9.17, 15) is 4.79 Å². The van der Waals surface area contributed by atoms with Gasteiger partial charge < -0.3 is 9.94 Å². The van der Waals surface area contributed by atoms with Gasteiger partial charge in [0.25, 0.3) is 5.91 Å². The van der Waals surface area contributed by atoms with Crippen LogP contribution in [0.25, 0.3) is 0 Å². The number of rotatable bonds is 6. The zero-order valence-electron chi connectivity index (χ0n) is 17.4. The lowest BCUT2D eigenvalue weighted by Gasteiger charge is -2.19. The molecule has 2 rings (SSSR count). The highest BCUT2D eigenvalue weighted by Crippen LogP contribution is 2.22. The standard InChI is InChI=1S/C21H29N3O3S/c1-7-8-9-16-13-24(21(3,4)5)28-20(16)22-19(25)17-12-15(14(2)23-26)10-11-18(17)27-6/h10-13,26H,7-9H2,1-6H3/b22-20-,23-14-. The third kappa shape index (κ3) is 5.10. The van der Waals surface area contributed by atoms with Gasteiger partial charge in [-0.3, -0.25) is 8.75 Å². The van der Waals surface area contributed by atoms with E-state index in [0.717, 1.165) is 29.5 Å². The average molecular weight is 404 g/mol. The van der Waals surface area contributed by atoms with Crippen LogP contribution in [0, 0.1) is 0 Å². The molecule has 0 aliphatic heterocycles. The molecule has 0 aliphatic carbocycles. The second-order valence-corrected chi connectivity index (χ2v) is 8.63. The number of amides is 1. The van der Waals surface area contributed by atoms with Crippen LogP contribution in [0.5, 0.6) is 5.75 Å². The van der Waals surface area contributed by atoms with Gasteiger partial charge in [-0.1, -0.05) is 18.5 Å². The molecule has 0 unspecified atom stereocenters. The Balaban J connectivity index is 2.55. The van der Waals surface area contributed by atoms with Gasteiger partial charge in [-0.25, -0.2) is 0 Å². The number of benzene rings is 1. The minimum absolute atomic E-state index is 0.0746. The zero-order valence-corrected chi connectivity index (χ0v) is 18.3. The van der Waals surface area contributed by atoms with Crippen molar-refractivity contribution in [3.05, 3.63) is 45.8 Å². The Morgan fingerprint density at radius 1 is 1.32 bits per heavy atom. The number of hydrogen-bond donors (Lipinski definition) is 1. The molecule has 1 heterocycles. The minimum Gasteiger partial charge on any atom is -0.496 e. The van der Waals surface area contributed by atoms with Crippen LogP contribution in [0.15, 0.2) is 34.5 Å². The quantitative estimate of drug-likeness (QED) is 0.435. The average Bonchev–Trinajstić information content (AvgIpc) is 3.08. The number of unbranched alkanes of at least 4 members (excludes halogenated alkanes) is 1. The van der Waals surface area contributed by atoms with E-state index in [2.05, 4.69) is 48.0 Å². The lowest BCUT2D eigenvalue weighted by Crippen LogP contribution is -2.18. The topological polar surface area (TPSA) is 76.2 Å². The van der Waals surface area contributed by atoms with E-state index < -0.39 is 0 Å². The largest absolute Gasteiger partial charge is 0.496 e. The van der Waals surface area contributed by atoms with Crippen molar-refractivity contribution in [3.63, 3.8) is 0 Å². The van der Waals surface area contributed by atoms with Crippen LogP contribution in [-0.2, 0) is 12.0 Å². The number of ether oxygens (including phenoxy) is 1. The Morgan fingerprint density at radius 3 is 2.61 bits per heavy atom. The van der Waals surface area contributed by atoms with Crippen molar-refractivity contribution < 1.29 is 14.7 Å². The normalized spacial score (nSPS) is 13.1. The Kier molecular flexibility index (Phi) is 7.18. The summed E-state index contributed by atoms with van der Waals surface area (Å²) < 4.78 is 8.21. The van der Waals surface area contributed by atoms with Crippen molar-refractivity contribution in [2.24, 2.45) is 10.1 Å². The minimum atomic E-state index is -0.370. The molecule has 1 N–H and O–H groups in total. The predicted molar refractivity (Wildman–Crippen MR) is 113 cm³/mol. The first-order valence-electron chi connectivity index (χ1n) is 9.39. The van der Waals surface area contributed by atoms with E-state index in [1.807, 2.05) is 0 Å². The maximum atomic E-state index is 13.0. The summed E-state index contributed by atoms with van der Waals surface area (Å²) in [6, 6.07) is 5.08. The first kappa shape index (κ1) is 21.9. The number of methoxy groups -OCH3 is 1. The van der Waals surface area contributed by atoms with E-state index in [0.29, 0.717) is 22.6 Å². The van der Waals surface area contributed by atoms with Crippen molar-refractivity contribution >= 4 is 23.2 Å². The molecule has 0 bridgehead atoms. The van der Waals surface area contributed by atoms with Crippen molar-refractivity contribution in [2.45, 2.75) is 59.4 Å². The Morgan fingerprint density at radius 2 is 2.04 bits per heavy atom. The third-order valence-corrected chi connectivity index (χ3v) is 5.77. The lowest BCUT2D eigenvalue weighted by molar-refractivity contribution is 0.0996. The fourth-order valence-electron chi connectivity index (χ4n) is 2.65. The number of aromatic nitrogens is 1. The molecular weight excluding hydrogens is 374 g/mol. The molecule has 6 nitrogen and oxygen atoms in total. The van der Waals surface area contributed by atoms with Crippen LogP contribution in [0.2, 0.25) is 0 Å². The molecule has 0 aliphatic rings. The van der Waals surface area contributed by atoms with E-state index in [1.165, 1.54) is 18.6 Å². The van der Waals surface area contributed by atoms with Crippen LogP contribution in [0.1, 0.15) is 68.9 Å². The van der Waals surface area contributed by atoms with Gasteiger partial charge in [0.1, 0.15) is 10.4 Å². The monoisotopic (exact) mass is 403 g/mol. The molecule has 152 valence electrons. The summed E-state index contributed by atoms with van der Waals surface area (Å²) in [7, 11) is 1.52.